The average molecular weight is 230 g/mol. The molecular formula is C13H14N2O2. The lowest BCUT2D eigenvalue weighted by Gasteiger charge is -2.03. The Kier molecular flexibility index (Phi) is 3.23. The zero-order chi connectivity index (χ0) is 12.3. The molecule has 0 fully saturated rings. The zero-order valence-corrected chi connectivity index (χ0v) is 9.88. The lowest BCUT2D eigenvalue weighted by molar-refractivity contribution is 0.103. The predicted octanol–water partition coefficient (Wildman–Crippen LogP) is 2.05. The van der Waals surface area contributed by atoms with E-state index in [9.17, 15) is 4.79 Å². The molecule has 1 aromatic carbocycles. The van der Waals surface area contributed by atoms with E-state index in [1.807, 2.05) is 6.92 Å². The van der Waals surface area contributed by atoms with Crippen molar-refractivity contribution in [2.45, 2.75) is 6.92 Å². The van der Waals surface area contributed by atoms with Crippen molar-refractivity contribution in [3.63, 3.8) is 0 Å². The topological polar surface area (TPSA) is 44.1 Å². The van der Waals surface area contributed by atoms with Crippen LogP contribution < -0.4 is 4.74 Å². The number of hydrogen-bond acceptors (Lipinski definition) is 3. The molecule has 2 aromatic rings. The van der Waals surface area contributed by atoms with Crippen LogP contribution in [0.5, 0.6) is 5.75 Å². The first-order valence-corrected chi connectivity index (χ1v) is 5.47. The highest BCUT2D eigenvalue weighted by atomic mass is 16.5. The van der Waals surface area contributed by atoms with Gasteiger partial charge in [-0.05, 0) is 31.2 Å². The number of aromatic nitrogens is 2. The third-order valence-electron chi connectivity index (χ3n) is 2.39. The van der Waals surface area contributed by atoms with Crippen molar-refractivity contribution < 1.29 is 9.53 Å². The SMILES string of the molecule is CCOc1ccc(C(=O)c2cnn(C)c2)cc1. The van der Waals surface area contributed by atoms with Crippen LogP contribution in [0.2, 0.25) is 0 Å². The van der Waals surface area contributed by atoms with Gasteiger partial charge in [0.1, 0.15) is 5.75 Å². The molecule has 0 aliphatic rings. The normalized spacial score (nSPS) is 10.2. The van der Waals surface area contributed by atoms with Gasteiger partial charge in [-0.1, -0.05) is 0 Å². The van der Waals surface area contributed by atoms with Gasteiger partial charge in [-0.3, -0.25) is 9.48 Å². The molecule has 0 radical (unpaired) electrons. The van der Waals surface area contributed by atoms with Gasteiger partial charge in [0.2, 0.25) is 0 Å². The quantitative estimate of drug-likeness (QED) is 0.755. The molecule has 2 rings (SSSR count). The maximum Gasteiger partial charge on any atom is 0.196 e. The van der Waals surface area contributed by atoms with Gasteiger partial charge in [0.15, 0.2) is 5.78 Å². The van der Waals surface area contributed by atoms with E-state index in [0.29, 0.717) is 17.7 Å². The monoisotopic (exact) mass is 230 g/mol. The summed E-state index contributed by atoms with van der Waals surface area (Å²) in [5.41, 5.74) is 1.23. The van der Waals surface area contributed by atoms with E-state index in [2.05, 4.69) is 5.10 Å². The number of aryl methyl sites for hydroxylation is 1. The van der Waals surface area contributed by atoms with E-state index in [1.165, 1.54) is 0 Å². The zero-order valence-electron chi connectivity index (χ0n) is 9.88. The van der Waals surface area contributed by atoms with Crippen LogP contribution in [-0.2, 0) is 7.05 Å². The summed E-state index contributed by atoms with van der Waals surface area (Å²) in [6, 6.07) is 7.13. The van der Waals surface area contributed by atoms with Gasteiger partial charge in [-0.2, -0.15) is 5.10 Å². The summed E-state index contributed by atoms with van der Waals surface area (Å²) in [4.78, 5) is 12.0. The lowest BCUT2D eigenvalue weighted by Crippen LogP contribution is -2.00. The Balaban J connectivity index is 2.20. The number of ketones is 1. The van der Waals surface area contributed by atoms with Gasteiger partial charge in [0.25, 0.3) is 0 Å². The minimum absolute atomic E-state index is 0.0267. The molecule has 0 aliphatic carbocycles. The van der Waals surface area contributed by atoms with Gasteiger partial charge in [-0.15, -0.1) is 0 Å². The molecule has 0 atom stereocenters. The van der Waals surface area contributed by atoms with Crippen molar-refractivity contribution in [1.82, 2.24) is 9.78 Å². The predicted molar refractivity (Wildman–Crippen MR) is 64.3 cm³/mol. The molecule has 0 amide bonds. The standard InChI is InChI=1S/C13H14N2O2/c1-3-17-12-6-4-10(5-7-12)13(16)11-8-14-15(2)9-11/h4-9H,3H2,1-2H3. The van der Waals surface area contributed by atoms with Crippen LogP contribution in [0.15, 0.2) is 36.7 Å². The van der Waals surface area contributed by atoms with Crippen LogP contribution >= 0.6 is 0 Å². The Morgan fingerprint density at radius 2 is 2.00 bits per heavy atom. The molecule has 0 saturated heterocycles. The van der Waals surface area contributed by atoms with E-state index < -0.39 is 0 Å². The molecule has 1 aromatic heterocycles. The first-order valence-electron chi connectivity index (χ1n) is 5.47. The van der Waals surface area contributed by atoms with Crippen LogP contribution in [0.1, 0.15) is 22.8 Å². The molecule has 0 saturated carbocycles. The summed E-state index contributed by atoms with van der Waals surface area (Å²) in [7, 11) is 1.79. The van der Waals surface area contributed by atoms with Crippen molar-refractivity contribution in [2.75, 3.05) is 6.61 Å². The van der Waals surface area contributed by atoms with Crippen LogP contribution in [0, 0.1) is 0 Å². The second-order valence-corrected chi connectivity index (χ2v) is 3.69. The Bertz CT molecular complexity index is 514. The summed E-state index contributed by atoms with van der Waals surface area (Å²) < 4.78 is 6.94. The van der Waals surface area contributed by atoms with Gasteiger partial charge in [0.05, 0.1) is 18.4 Å². The van der Waals surface area contributed by atoms with Crippen LogP contribution in [0.3, 0.4) is 0 Å². The molecular weight excluding hydrogens is 216 g/mol. The van der Waals surface area contributed by atoms with Crippen molar-refractivity contribution in [3.05, 3.63) is 47.8 Å². The molecule has 4 nitrogen and oxygen atoms in total. The van der Waals surface area contributed by atoms with Gasteiger partial charge >= 0.3 is 0 Å². The molecule has 0 N–H and O–H groups in total. The lowest BCUT2D eigenvalue weighted by atomic mass is 10.1. The van der Waals surface area contributed by atoms with E-state index in [1.54, 1.807) is 48.4 Å². The molecule has 0 bridgehead atoms. The van der Waals surface area contributed by atoms with Gasteiger partial charge in [0, 0.05) is 18.8 Å². The molecule has 88 valence electrons. The fourth-order valence-electron chi connectivity index (χ4n) is 1.57. The van der Waals surface area contributed by atoms with Crippen molar-refractivity contribution >= 4 is 5.78 Å². The third-order valence-corrected chi connectivity index (χ3v) is 2.39. The number of benzene rings is 1. The van der Waals surface area contributed by atoms with E-state index >= 15 is 0 Å². The average Bonchev–Trinajstić information content (AvgIpc) is 2.76. The van der Waals surface area contributed by atoms with Crippen molar-refractivity contribution in [2.24, 2.45) is 7.05 Å². The Morgan fingerprint density at radius 1 is 1.29 bits per heavy atom. The summed E-state index contributed by atoms with van der Waals surface area (Å²) in [6.45, 7) is 2.55. The fourth-order valence-corrected chi connectivity index (χ4v) is 1.57. The Hall–Kier alpha value is -2.10. The summed E-state index contributed by atoms with van der Waals surface area (Å²) in [6.07, 6.45) is 3.28. The Morgan fingerprint density at radius 3 is 2.53 bits per heavy atom. The van der Waals surface area contributed by atoms with E-state index in [0.717, 1.165) is 5.75 Å². The molecule has 0 unspecified atom stereocenters. The molecule has 1 heterocycles. The third kappa shape index (κ3) is 2.53. The smallest absolute Gasteiger partial charge is 0.196 e. The first kappa shape index (κ1) is 11.4. The largest absolute Gasteiger partial charge is 0.494 e. The van der Waals surface area contributed by atoms with Crippen molar-refractivity contribution in [3.8, 4) is 5.75 Å². The first-order chi connectivity index (χ1) is 8.20. The second-order valence-electron chi connectivity index (χ2n) is 3.69. The van der Waals surface area contributed by atoms with Gasteiger partial charge in [-0.25, -0.2) is 0 Å². The van der Waals surface area contributed by atoms with Crippen LogP contribution in [0.25, 0.3) is 0 Å². The number of carbonyl (C=O) groups excluding carboxylic acids is 1. The fraction of sp³-hybridized carbons (Fsp3) is 0.231. The maximum absolute atomic E-state index is 12.0. The number of hydrogen-bond donors (Lipinski definition) is 0. The molecule has 0 spiro atoms. The highest BCUT2D eigenvalue weighted by Crippen LogP contribution is 2.15. The van der Waals surface area contributed by atoms with Crippen LogP contribution in [0.4, 0.5) is 0 Å². The van der Waals surface area contributed by atoms with Gasteiger partial charge < -0.3 is 4.74 Å². The summed E-state index contributed by atoms with van der Waals surface area (Å²) in [5.74, 6) is 0.747. The molecule has 4 heteroatoms. The number of carbonyl (C=O) groups is 1. The van der Waals surface area contributed by atoms with Crippen molar-refractivity contribution in [1.29, 1.82) is 0 Å². The highest BCUT2D eigenvalue weighted by Gasteiger charge is 2.10. The number of nitrogens with zero attached hydrogens (tertiary/aromatic N) is 2. The van der Waals surface area contributed by atoms with E-state index in [4.69, 9.17) is 4.74 Å². The molecule has 17 heavy (non-hydrogen) atoms. The van der Waals surface area contributed by atoms with Crippen LogP contribution in [-0.4, -0.2) is 22.2 Å². The highest BCUT2D eigenvalue weighted by molar-refractivity contribution is 6.08. The number of ether oxygens (including phenoxy) is 1. The van der Waals surface area contributed by atoms with E-state index in [-0.39, 0.29) is 5.78 Å². The minimum Gasteiger partial charge on any atom is -0.494 e. The molecule has 0 aliphatic heterocycles. The Labute approximate surface area is 99.8 Å². The maximum atomic E-state index is 12.0. The minimum atomic E-state index is -0.0267. The summed E-state index contributed by atoms with van der Waals surface area (Å²) in [5, 5.41) is 3.98. The second kappa shape index (κ2) is 4.82. The number of rotatable bonds is 4. The summed E-state index contributed by atoms with van der Waals surface area (Å²) >= 11 is 0.